The molecule has 2 aliphatic carbocycles. The van der Waals surface area contributed by atoms with Gasteiger partial charge in [0.15, 0.2) is 0 Å². The van der Waals surface area contributed by atoms with Gasteiger partial charge in [0, 0.05) is 31.1 Å². The molecule has 3 fully saturated rings. The average Bonchev–Trinajstić information content (AvgIpc) is 3.14. The Hall–Kier alpha value is -2.85. The number of hydrogen-bond donors (Lipinski definition) is 3. The number of carboxylic acid groups (broad SMARTS) is 2. The summed E-state index contributed by atoms with van der Waals surface area (Å²) in [6.07, 6.45) is 6.05. The number of nitrogens with two attached hydrogens (primary N) is 1. The number of nitrogen functional groups attached to an aromatic ring is 1. The van der Waals surface area contributed by atoms with Crippen molar-refractivity contribution in [1.29, 1.82) is 0 Å². The first-order valence-electron chi connectivity index (χ1n) is 11.6. The smallest absolute Gasteiger partial charge is 0.414 e. The fourth-order valence-corrected chi connectivity index (χ4v) is 5.57. The van der Waals surface area contributed by atoms with Gasteiger partial charge in [-0.1, -0.05) is 18.0 Å². The maximum Gasteiger partial charge on any atom is 0.414 e. The molecule has 2 atom stereocenters. The van der Waals surface area contributed by atoms with Crippen molar-refractivity contribution in [3.8, 4) is 17.2 Å². The van der Waals surface area contributed by atoms with E-state index in [4.69, 9.17) is 46.3 Å². The van der Waals surface area contributed by atoms with Gasteiger partial charge in [-0.15, -0.1) is 10.2 Å². The summed E-state index contributed by atoms with van der Waals surface area (Å²) < 4.78 is 12.0. The van der Waals surface area contributed by atoms with Crippen molar-refractivity contribution in [2.75, 3.05) is 32.0 Å². The zero-order valence-electron chi connectivity index (χ0n) is 18.6. The first kappa shape index (κ1) is 22.9. The normalized spacial score (nSPS) is 25.3. The number of ether oxygens (including phenoxy) is 1. The molecule has 2 aliphatic heterocycles. The summed E-state index contributed by atoms with van der Waals surface area (Å²) in [4.78, 5) is 20.8. The maximum absolute atomic E-state index is 9.10. The summed E-state index contributed by atoms with van der Waals surface area (Å²) in [6, 6.07) is 1.80. The van der Waals surface area contributed by atoms with Crippen LogP contribution in [0.2, 0.25) is 5.02 Å². The lowest BCUT2D eigenvalue weighted by atomic mass is 9.85. The van der Waals surface area contributed by atoms with Gasteiger partial charge in [-0.2, -0.15) is 0 Å². The van der Waals surface area contributed by atoms with E-state index in [0.29, 0.717) is 41.0 Å². The van der Waals surface area contributed by atoms with E-state index in [1.54, 1.807) is 6.07 Å². The predicted octanol–water partition coefficient (Wildman–Crippen LogP) is 2.90. The Morgan fingerprint density at radius 1 is 1.15 bits per heavy atom. The molecule has 1 aromatic heterocycles. The summed E-state index contributed by atoms with van der Waals surface area (Å²) in [6.45, 7) is 4.30. The number of halogens is 1. The van der Waals surface area contributed by atoms with E-state index in [0.717, 1.165) is 41.5 Å². The Labute approximate surface area is 201 Å². The molecule has 2 unspecified atom stereocenters. The number of aliphatic carboxylic acids is 2. The molecule has 4 aliphatic rings. The van der Waals surface area contributed by atoms with Crippen LogP contribution in [0.3, 0.4) is 0 Å². The number of carbonyl (C=O) groups is 2. The molecule has 34 heavy (non-hydrogen) atoms. The zero-order chi connectivity index (χ0) is 24.0. The number of benzene rings is 1. The van der Waals surface area contributed by atoms with Gasteiger partial charge < -0.3 is 30.0 Å². The molecule has 3 heterocycles. The summed E-state index contributed by atoms with van der Waals surface area (Å²) in [7, 11) is 0. The minimum Gasteiger partial charge on any atom is -0.492 e. The summed E-state index contributed by atoms with van der Waals surface area (Å²) in [5, 5.41) is 24.0. The van der Waals surface area contributed by atoms with Crippen molar-refractivity contribution < 1.29 is 29.0 Å². The number of rotatable bonds is 4. The molecule has 0 amide bonds. The highest BCUT2D eigenvalue weighted by Crippen LogP contribution is 2.58. The lowest BCUT2D eigenvalue weighted by Gasteiger charge is -2.31. The summed E-state index contributed by atoms with van der Waals surface area (Å²) >= 11 is 6.36. The minimum absolute atomic E-state index is 0.417. The molecule has 2 aromatic rings. The van der Waals surface area contributed by atoms with Crippen LogP contribution in [0.15, 0.2) is 10.5 Å². The molecule has 0 radical (unpaired) electrons. The molecular formula is C23H27ClN4O6. The Balaban J connectivity index is 0.000000360. The largest absolute Gasteiger partial charge is 0.492 e. The van der Waals surface area contributed by atoms with Crippen LogP contribution in [-0.2, 0) is 16.0 Å². The number of nitrogens with zero attached hydrogens (tertiary/aromatic N) is 3. The molecule has 0 bridgehead atoms. The first-order valence-corrected chi connectivity index (χ1v) is 12.0. The molecule has 2 saturated carbocycles. The van der Waals surface area contributed by atoms with Crippen LogP contribution in [0.25, 0.3) is 11.5 Å². The van der Waals surface area contributed by atoms with Gasteiger partial charge in [0.2, 0.25) is 5.89 Å². The molecule has 1 aromatic carbocycles. The van der Waals surface area contributed by atoms with Gasteiger partial charge in [-0.25, -0.2) is 9.59 Å². The van der Waals surface area contributed by atoms with E-state index in [-0.39, 0.29) is 0 Å². The van der Waals surface area contributed by atoms with Crippen LogP contribution in [0, 0.1) is 17.8 Å². The SMILES string of the molecule is Nc1c(Cl)cc(-c2nnc(C3C4CN(CC5CCC5)CC43)o2)c2c1CCCO2.O=C(O)C(=O)O. The highest BCUT2D eigenvalue weighted by molar-refractivity contribution is 6.33. The van der Waals surface area contributed by atoms with E-state index in [9.17, 15) is 0 Å². The third-order valence-corrected chi connectivity index (χ3v) is 7.65. The molecular weight excluding hydrogens is 464 g/mol. The number of hydrogen-bond acceptors (Lipinski definition) is 8. The fraction of sp³-hybridized carbons (Fsp3) is 0.565. The highest BCUT2D eigenvalue weighted by Gasteiger charge is 2.59. The highest BCUT2D eigenvalue weighted by atomic mass is 35.5. The van der Waals surface area contributed by atoms with Gasteiger partial charge in [-0.3, -0.25) is 0 Å². The monoisotopic (exact) mass is 490 g/mol. The van der Waals surface area contributed by atoms with Crippen molar-refractivity contribution >= 4 is 29.2 Å². The zero-order valence-corrected chi connectivity index (χ0v) is 19.3. The molecule has 182 valence electrons. The second-order valence-electron chi connectivity index (χ2n) is 9.50. The van der Waals surface area contributed by atoms with E-state index in [1.807, 2.05) is 0 Å². The number of aromatic nitrogens is 2. The minimum atomic E-state index is -1.82. The van der Waals surface area contributed by atoms with Crippen LogP contribution in [0.5, 0.6) is 5.75 Å². The fourth-order valence-electron chi connectivity index (χ4n) is 5.34. The Bertz CT molecular complexity index is 1090. The quantitative estimate of drug-likeness (QED) is 0.430. The lowest BCUT2D eigenvalue weighted by molar-refractivity contribution is -0.159. The third-order valence-electron chi connectivity index (χ3n) is 7.34. The molecule has 0 spiro atoms. The predicted molar refractivity (Wildman–Crippen MR) is 122 cm³/mol. The van der Waals surface area contributed by atoms with Crippen LogP contribution in [-0.4, -0.2) is 63.5 Å². The second-order valence-corrected chi connectivity index (χ2v) is 9.91. The summed E-state index contributed by atoms with van der Waals surface area (Å²) in [5.41, 5.74) is 8.48. The molecule has 4 N–H and O–H groups in total. The van der Waals surface area contributed by atoms with E-state index in [2.05, 4.69) is 15.1 Å². The number of carboxylic acids is 2. The van der Waals surface area contributed by atoms with Gasteiger partial charge in [0.25, 0.3) is 5.89 Å². The molecule has 11 heteroatoms. The van der Waals surface area contributed by atoms with E-state index in [1.165, 1.54) is 38.9 Å². The molecule has 6 rings (SSSR count). The van der Waals surface area contributed by atoms with Gasteiger partial charge in [0.05, 0.1) is 22.9 Å². The van der Waals surface area contributed by atoms with E-state index < -0.39 is 11.9 Å². The maximum atomic E-state index is 9.10. The van der Waals surface area contributed by atoms with Gasteiger partial charge >= 0.3 is 11.9 Å². The van der Waals surface area contributed by atoms with Gasteiger partial charge in [0.1, 0.15) is 5.75 Å². The van der Waals surface area contributed by atoms with Gasteiger partial charge in [-0.05, 0) is 49.5 Å². The number of anilines is 1. The molecule has 1 saturated heterocycles. The number of likely N-dealkylation sites (tertiary alicyclic amines) is 1. The topological polar surface area (TPSA) is 152 Å². The Morgan fingerprint density at radius 2 is 1.85 bits per heavy atom. The molecule has 10 nitrogen and oxygen atoms in total. The standard InChI is InChI=1S/C21H25ClN4O2.C2H2O4/c22-16-7-13(19-12(18(16)23)5-2-6-27-19)20-24-25-21(28-20)17-14-9-26(10-15(14)17)8-11-3-1-4-11;3-1(4)2(5)6/h7,11,14-15,17H,1-6,8-10,23H2;(H,3,4)(H,5,6). The first-order chi connectivity index (χ1) is 16.3. The lowest BCUT2D eigenvalue weighted by Crippen LogP contribution is -2.32. The van der Waals surface area contributed by atoms with Crippen LogP contribution >= 0.6 is 11.6 Å². The van der Waals surface area contributed by atoms with Crippen molar-refractivity contribution in [1.82, 2.24) is 15.1 Å². The van der Waals surface area contributed by atoms with Crippen molar-refractivity contribution in [2.45, 2.75) is 38.0 Å². The van der Waals surface area contributed by atoms with E-state index >= 15 is 0 Å². The Kier molecular flexibility index (Phi) is 6.11. The average molecular weight is 491 g/mol. The number of fused-ring (bicyclic) bond motifs is 2. The second kappa shape index (κ2) is 9.07. The van der Waals surface area contributed by atoms with Crippen molar-refractivity contribution in [3.05, 3.63) is 22.5 Å². The summed E-state index contributed by atoms with van der Waals surface area (Å²) in [5.74, 6) is 1.07. The van der Waals surface area contributed by atoms with Crippen LogP contribution in [0.1, 0.15) is 43.1 Å². The Morgan fingerprint density at radius 3 is 2.47 bits per heavy atom. The van der Waals surface area contributed by atoms with Crippen LogP contribution in [0.4, 0.5) is 5.69 Å². The third kappa shape index (κ3) is 4.32. The van der Waals surface area contributed by atoms with Crippen LogP contribution < -0.4 is 10.5 Å². The van der Waals surface area contributed by atoms with Crippen molar-refractivity contribution in [3.63, 3.8) is 0 Å². The number of piperidine rings is 1. The van der Waals surface area contributed by atoms with Crippen molar-refractivity contribution in [2.24, 2.45) is 17.8 Å².